The third-order valence-corrected chi connectivity index (χ3v) is 3.56. The van der Waals surface area contributed by atoms with Crippen molar-refractivity contribution in [2.24, 2.45) is 5.92 Å². The highest BCUT2D eigenvalue weighted by Gasteiger charge is 2.18. The number of aliphatic hydroxyl groups is 1. The average Bonchev–Trinajstić information content (AvgIpc) is 2.41. The molecule has 0 saturated carbocycles. The van der Waals surface area contributed by atoms with Gasteiger partial charge in [0.25, 0.3) is 0 Å². The van der Waals surface area contributed by atoms with Gasteiger partial charge in [-0.15, -0.1) is 0 Å². The first kappa shape index (κ1) is 14.4. The summed E-state index contributed by atoms with van der Waals surface area (Å²) in [5, 5.41) is 9.25. The number of rotatable bonds is 5. The van der Waals surface area contributed by atoms with Gasteiger partial charge in [0.15, 0.2) is 0 Å². The Labute approximate surface area is 116 Å². The lowest BCUT2D eigenvalue weighted by atomic mass is 9.98. The molecule has 1 heterocycles. The minimum atomic E-state index is 0.221. The predicted octanol–water partition coefficient (Wildman–Crippen LogP) is 2.68. The molecule has 1 saturated heterocycles. The fourth-order valence-electron chi connectivity index (χ4n) is 2.65. The molecule has 3 nitrogen and oxygen atoms in total. The van der Waals surface area contributed by atoms with Crippen molar-refractivity contribution in [2.45, 2.75) is 39.3 Å². The summed E-state index contributed by atoms with van der Waals surface area (Å²) in [6.07, 6.45) is 2.58. The number of ether oxygens (including phenoxy) is 1. The highest BCUT2D eigenvalue weighted by atomic mass is 16.5. The highest BCUT2D eigenvalue weighted by molar-refractivity contribution is 5.27. The molecule has 1 N–H and O–H groups in total. The Balaban J connectivity index is 1.88. The molecular formula is C16H25NO2. The van der Waals surface area contributed by atoms with Crippen LogP contribution in [0, 0.1) is 5.92 Å². The van der Waals surface area contributed by atoms with Crippen molar-refractivity contribution < 1.29 is 9.84 Å². The second-order valence-electron chi connectivity index (χ2n) is 5.74. The van der Waals surface area contributed by atoms with E-state index in [9.17, 15) is 5.11 Å². The molecule has 106 valence electrons. The molecule has 1 aliphatic heterocycles. The molecule has 1 atom stereocenters. The number of hydrogen-bond acceptors (Lipinski definition) is 3. The smallest absolute Gasteiger partial charge is 0.119 e. The van der Waals surface area contributed by atoms with E-state index in [2.05, 4.69) is 17.0 Å². The lowest BCUT2D eigenvalue weighted by Crippen LogP contribution is -2.36. The van der Waals surface area contributed by atoms with Gasteiger partial charge in [-0.2, -0.15) is 0 Å². The minimum absolute atomic E-state index is 0.221. The normalized spacial score (nSPS) is 20.7. The van der Waals surface area contributed by atoms with Gasteiger partial charge >= 0.3 is 0 Å². The third-order valence-electron chi connectivity index (χ3n) is 3.56. The topological polar surface area (TPSA) is 32.7 Å². The molecule has 1 fully saturated rings. The van der Waals surface area contributed by atoms with Crippen LogP contribution in [0.15, 0.2) is 24.3 Å². The lowest BCUT2D eigenvalue weighted by molar-refractivity contribution is 0.116. The van der Waals surface area contributed by atoms with Gasteiger partial charge in [0.2, 0.25) is 0 Å². The third kappa shape index (κ3) is 4.51. The summed E-state index contributed by atoms with van der Waals surface area (Å²) in [5.41, 5.74) is 1.31. The second kappa shape index (κ2) is 6.92. The number of piperidine rings is 1. The van der Waals surface area contributed by atoms with Crippen molar-refractivity contribution in [1.82, 2.24) is 4.90 Å². The van der Waals surface area contributed by atoms with E-state index in [0.29, 0.717) is 12.5 Å². The van der Waals surface area contributed by atoms with E-state index in [1.54, 1.807) is 0 Å². The minimum Gasteiger partial charge on any atom is -0.491 e. The van der Waals surface area contributed by atoms with Crippen LogP contribution in [0.5, 0.6) is 5.75 Å². The van der Waals surface area contributed by atoms with Gasteiger partial charge < -0.3 is 9.84 Å². The van der Waals surface area contributed by atoms with Crippen LogP contribution < -0.4 is 4.74 Å². The Morgan fingerprint density at radius 3 is 2.68 bits per heavy atom. The SMILES string of the molecule is CC(C)Oc1ccc(CN2CCCC(CO)C2)cc1. The first-order valence-electron chi connectivity index (χ1n) is 7.26. The van der Waals surface area contributed by atoms with Crippen LogP contribution in [-0.2, 0) is 6.54 Å². The quantitative estimate of drug-likeness (QED) is 0.886. The molecule has 1 aromatic carbocycles. The summed E-state index contributed by atoms with van der Waals surface area (Å²) < 4.78 is 5.65. The van der Waals surface area contributed by atoms with Crippen molar-refractivity contribution in [3.05, 3.63) is 29.8 Å². The molecule has 1 aromatic rings. The lowest BCUT2D eigenvalue weighted by Gasteiger charge is -2.31. The molecule has 1 unspecified atom stereocenters. The Hall–Kier alpha value is -1.06. The van der Waals surface area contributed by atoms with E-state index in [0.717, 1.165) is 31.8 Å². The molecule has 0 radical (unpaired) electrons. The molecule has 0 spiro atoms. The first-order chi connectivity index (χ1) is 9.17. The molecular weight excluding hydrogens is 238 g/mol. The standard InChI is InChI=1S/C16H25NO2/c1-13(2)19-16-7-5-14(6-8-16)10-17-9-3-4-15(11-17)12-18/h5-8,13,15,18H,3-4,9-12H2,1-2H3. The van der Waals surface area contributed by atoms with E-state index < -0.39 is 0 Å². The van der Waals surface area contributed by atoms with Gasteiger partial charge in [-0.05, 0) is 56.8 Å². The Kier molecular flexibility index (Phi) is 5.23. The molecule has 0 aromatic heterocycles. The summed E-state index contributed by atoms with van der Waals surface area (Å²) in [6, 6.07) is 8.37. The number of likely N-dealkylation sites (tertiary alicyclic amines) is 1. The van der Waals surface area contributed by atoms with Gasteiger partial charge in [0.05, 0.1) is 6.10 Å². The van der Waals surface area contributed by atoms with Crippen molar-refractivity contribution in [1.29, 1.82) is 0 Å². The van der Waals surface area contributed by atoms with Gasteiger partial charge in [-0.25, -0.2) is 0 Å². The zero-order chi connectivity index (χ0) is 13.7. The zero-order valence-corrected chi connectivity index (χ0v) is 12.0. The van der Waals surface area contributed by atoms with Crippen LogP contribution in [0.4, 0.5) is 0 Å². The Morgan fingerprint density at radius 2 is 2.05 bits per heavy atom. The maximum Gasteiger partial charge on any atom is 0.119 e. The summed E-state index contributed by atoms with van der Waals surface area (Å²) in [6.45, 7) is 7.52. The molecule has 3 heteroatoms. The van der Waals surface area contributed by atoms with Gasteiger partial charge in [-0.1, -0.05) is 12.1 Å². The molecule has 1 aliphatic rings. The molecule has 19 heavy (non-hydrogen) atoms. The van der Waals surface area contributed by atoms with Crippen LogP contribution in [-0.4, -0.2) is 35.8 Å². The van der Waals surface area contributed by atoms with E-state index >= 15 is 0 Å². The van der Waals surface area contributed by atoms with Gasteiger partial charge in [-0.3, -0.25) is 4.90 Å². The number of nitrogens with zero attached hydrogens (tertiary/aromatic N) is 1. The summed E-state index contributed by atoms with van der Waals surface area (Å²) in [7, 11) is 0. The monoisotopic (exact) mass is 263 g/mol. The number of benzene rings is 1. The fraction of sp³-hybridized carbons (Fsp3) is 0.625. The van der Waals surface area contributed by atoms with Crippen molar-refractivity contribution in [3.63, 3.8) is 0 Å². The van der Waals surface area contributed by atoms with Crippen molar-refractivity contribution in [3.8, 4) is 5.75 Å². The van der Waals surface area contributed by atoms with Crippen LogP contribution in [0.3, 0.4) is 0 Å². The number of hydrogen-bond donors (Lipinski definition) is 1. The second-order valence-corrected chi connectivity index (χ2v) is 5.74. The largest absolute Gasteiger partial charge is 0.491 e. The molecule has 0 bridgehead atoms. The highest BCUT2D eigenvalue weighted by Crippen LogP contribution is 2.19. The van der Waals surface area contributed by atoms with Crippen LogP contribution in [0.25, 0.3) is 0 Å². The molecule has 2 rings (SSSR count). The fourth-order valence-corrected chi connectivity index (χ4v) is 2.65. The van der Waals surface area contributed by atoms with E-state index in [-0.39, 0.29) is 6.10 Å². The molecule has 0 amide bonds. The Morgan fingerprint density at radius 1 is 1.32 bits per heavy atom. The van der Waals surface area contributed by atoms with Crippen LogP contribution in [0.1, 0.15) is 32.3 Å². The van der Waals surface area contributed by atoms with Gasteiger partial charge in [0, 0.05) is 19.7 Å². The van der Waals surface area contributed by atoms with Crippen LogP contribution >= 0.6 is 0 Å². The van der Waals surface area contributed by atoms with E-state index in [1.807, 2.05) is 26.0 Å². The van der Waals surface area contributed by atoms with E-state index in [4.69, 9.17) is 4.74 Å². The maximum absolute atomic E-state index is 9.25. The maximum atomic E-state index is 9.25. The van der Waals surface area contributed by atoms with Gasteiger partial charge in [0.1, 0.15) is 5.75 Å². The average molecular weight is 263 g/mol. The number of aliphatic hydroxyl groups excluding tert-OH is 1. The molecule has 0 aliphatic carbocycles. The first-order valence-corrected chi connectivity index (χ1v) is 7.26. The van der Waals surface area contributed by atoms with E-state index in [1.165, 1.54) is 12.0 Å². The van der Waals surface area contributed by atoms with Crippen molar-refractivity contribution >= 4 is 0 Å². The summed E-state index contributed by atoms with van der Waals surface area (Å²) in [4.78, 5) is 2.43. The Bertz CT molecular complexity index is 375. The summed E-state index contributed by atoms with van der Waals surface area (Å²) >= 11 is 0. The zero-order valence-electron chi connectivity index (χ0n) is 12.0. The van der Waals surface area contributed by atoms with Crippen molar-refractivity contribution in [2.75, 3.05) is 19.7 Å². The predicted molar refractivity (Wildman–Crippen MR) is 77.3 cm³/mol. The summed E-state index contributed by atoms with van der Waals surface area (Å²) in [5.74, 6) is 1.39. The van der Waals surface area contributed by atoms with Crippen LogP contribution in [0.2, 0.25) is 0 Å².